The summed E-state index contributed by atoms with van der Waals surface area (Å²) < 4.78 is 33.7. The van der Waals surface area contributed by atoms with Gasteiger partial charge in [0.1, 0.15) is 5.75 Å². The first-order chi connectivity index (χ1) is 12.7. The first-order valence-electron chi connectivity index (χ1n) is 8.81. The molecule has 0 aliphatic heterocycles. The minimum absolute atomic E-state index is 0.0385. The van der Waals surface area contributed by atoms with Gasteiger partial charge in [0.25, 0.3) is 10.0 Å². The van der Waals surface area contributed by atoms with Crippen LogP contribution in [0.15, 0.2) is 41.3 Å². The molecule has 3 rings (SSSR count). The number of aryl methyl sites for hydroxylation is 2. The van der Waals surface area contributed by atoms with Crippen LogP contribution >= 0.6 is 0 Å². The predicted molar refractivity (Wildman–Crippen MR) is 106 cm³/mol. The number of ether oxygens (including phenoxy) is 1. The molecular formula is C20H24N2O4S. The molecule has 0 unspecified atom stereocenters. The van der Waals surface area contributed by atoms with Crippen LogP contribution in [0.4, 0.5) is 11.4 Å². The molecule has 1 saturated carbocycles. The van der Waals surface area contributed by atoms with Crippen LogP contribution in [-0.2, 0) is 14.8 Å². The fourth-order valence-corrected chi connectivity index (χ4v) is 5.12. The molecular weight excluding hydrogens is 364 g/mol. The molecule has 2 aromatic rings. The number of nitrogens with one attached hydrogen (secondary N) is 1. The zero-order valence-corrected chi connectivity index (χ0v) is 16.8. The molecule has 0 heterocycles. The number of hydrogen-bond donors (Lipinski definition) is 1. The molecule has 1 aliphatic carbocycles. The number of methoxy groups -OCH3 is 1. The Labute approximate surface area is 160 Å². The van der Waals surface area contributed by atoms with Crippen molar-refractivity contribution >= 4 is 27.3 Å². The van der Waals surface area contributed by atoms with Crippen molar-refractivity contribution < 1.29 is 17.9 Å². The third kappa shape index (κ3) is 3.93. The van der Waals surface area contributed by atoms with E-state index in [-0.39, 0.29) is 11.9 Å². The third-order valence-electron chi connectivity index (χ3n) is 4.55. The molecule has 6 nitrogen and oxygen atoms in total. The molecule has 1 amide bonds. The monoisotopic (exact) mass is 388 g/mol. The number of hydrogen-bond acceptors (Lipinski definition) is 4. The van der Waals surface area contributed by atoms with Crippen LogP contribution in [0.1, 0.15) is 30.9 Å². The Balaban J connectivity index is 2.02. The second-order valence-corrected chi connectivity index (χ2v) is 8.63. The number of carbonyl (C=O) groups excluding carboxylic acids is 1. The topological polar surface area (TPSA) is 75.7 Å². The molecule has 0 aromatic heterocycles. The van der Waals surface area contributed by atoms with E-state index in [0.29, 0.717) is 27.6 Å². The number of nitrogens with zero attached hydrogens (tertiary/aromatic N) is 1. The van der Waals surface area contributed by atoms with Crippen LogP contribution in [0, 0.1) is 13.8 Å². The number of sulfonamides is 1. The van der Waals surface area contributed by atoms with Gasteiger partial charge < -0.3 is 10.1 Å². The summed E-state index contributed by atoms with van der Waals surface area (Å²) in [7, 11) is -2.14. The molecule has 0 atom stereocenters. The van der Waals surface area contributed by atoms with Gasteiger partial charge in [-0.05, 0) is 74.2 Å². The zero-order chi connectivity index (χ0) is 19.8. The maximum atomic E-state index is 13.5. The molecule has 2 aromatic carbocycles. The number of rotatable bonds is 6. The van der Waals surface area contributed by atoms with Crippen LogP contribution < -0.4 is 14.4 Å². The van der Waals surface area contributed by atoms with Gasteiger partial charge in [0.05, 0.1) is 17.7 Å². The van der Waals surface area contributed by atoms with Gasteiger partial charge in [-0.2, -0.15) is 0 Å². The van der Waals surface area contributed by atoms with Crippen LogP contribution in [-0.4, -0.2) is 27.5 Å². The van der Waals surface area contributed by atoms with E-state index in [1.54, 1.807) is 50.4 Å². The summed E-state index contributed by atoms with van der Waals surface area (Å²) in [6, 6.07) is 10.3. The summed E-state index contributed by atoms with van der Waals surface area (Å²) in [6.07, 6.45) is 1.67. The van der Waals surface area contributed by atoms with Crippen LogP contribution in [0.5, 0.6) is 5.75 Å². The van der Waals surface area contributed by atoms with Gasteiger partial charge >= 0.3 is 0 Å². The van der Waals surface area contributed by atoms with Crippen molar-refractivity contribution in [2.24, 2.45) is 0 Å². The Morgan fingerprint density at radius 2 is 1.74 bits per heavy atom. The number of anilines is 2. The summed E-state index contributed by atoms with van der Waals surface area (Å²) in [5, 5.41) is 2.69. The molecule has 0 bridgehead atoms. The fourth-order valence-electron chi connectivity index (χ4n) is 3.12. The number of benzene rings is 2. The van der Waals surface area contributed by atoms with Crippen molar-refractivity contribution in [1.82, 2.24) is 0 Å². The highest BCUT2D eigenvalue weighted by Crippen LogP contribution is 2.38. The summed E-state index contributed by atoms with van der Waals surface area (Å²) in [5.41, 5.74) is 2.66. The van der Waals surface area contributed by atoms with E-state index in [4.69, 9.17) is 4.74 Å². The maximum Gasteiger partial charge on any atom is 0.264 e. The Bertz CT molecular complexity index is 964. The first-order valence-corrected chi connectivity index (χ1v) is 10.3. The lowest BCUT2D eigenvalue weighted by Gasteiger charge is -2.26. The van der Waals surface area contributed by atoms with E-state index in [9.17, 15) is 13.2 Å². The van der Waals surface area contributed by atoms with Crippen molar-refractivity contribution in [3.05, 3.63) is 47.5 Å². The zero-order valence-electron chi connectivity index (χ0n) is 15.9. The fraction of sp³-hybridized carbons (Fsp3) is 0.350. The molecule has 7 heteroatoms. The van der Waals surface area contributed by atoms with E-state index in [1.165, 1.54) is 11.2 Å². The predicted octanol–water partition coefficient (Wildman–Crippen LogP) is 3.63. The van der Waals surface area contributed by atoms with E-state index in [2.05, 4.69) is 5.32 Å². The van der Waals surface area contributed by atoms with Gasteiger partial charge in [-0.3, -0.25) is 9.10 Å². The average molecular weight is 388 g/mol. The average Bonchev–Trinajstić information content (AvgIpc) is 3.42. The van der Waals surface area contributed by atoms with Crippen LogP contribution in [0.2, 0.25) is 0 Å². The largest absolute Gasteiger partial charge is 0.496 e. The molecule has 0 spiro atoms. The van der Waals surface area contributed by atoms with Crippen molar-refractivity contribution in [2.45, 2.75) is 44.6 Å². The minimum atomic E-state index is -3.71. The third-order valence-corrected chi connectivity index (χ3v) is 6.57. The van der Waals surface area contributed by atoms with Gasteiger partial charge in [0.15, 0.2) is 0 Å². The summed E-state index contributed by atoms with van der Waals surface area (Å²) >= 11 is 0. The van der Waals surface area contributed by atoms with Gasteiger partial charge in [0.2, 0.25) is 5.91 Å². The summed E-state index contributed by atoms with van der Waals surface area (Å²) in [5.74, 6) is 0.503. The van der Waals surface area contributed by atoms with Crippen LogP contribution in [0.25, 0.3) is 0 Å². The lowest BCUT2D eigenvalue weighted by Crippen LogP contribution is -2.33. The molecule has 0 radical (unpaired) electrons. The van der Waals surface area contributed by atoms with E-state index >= 15 is 0 Å². The smallest absolute Gasteiger partial charge is 0.264 e. The molecule has 1 N–H and O–H groups in total. The van der Waals surface area contributed by atoms with Crippen LogP contribution in [0.3, 0.4) is 0 Å². The molecule has 144 valence electrons. The minimum Gasteiger partial charge on any atom is -0.496 e. The highest BCUT2D eigenvalue weighted by atomic mass is 32.2. The molecule has 27 heavy (non-hydrogen) atoms. The van der Waals surface area contributed by atoms with Gasteiger partial charge in [-0.25, -0.2) is 8.42 Å². The molecule has 0 saturated heterocycles. The highest BCUT2D eigenvalue weighted by Gasteiger charge is 2.39. The Morgan fingerprint density at radius 1 is 1.11 bits per heavy atom. The Morgan fingerprint density at radius 3 is 2.26 bits per heavy atom. The lowest BCUT2D eigenvalue weighted by atomic mass is 10.1. The van der Waals surface area contributed by atoms with E-state index < -0.39 is 10.0 Å². The Hall–Kier alpha value is -2.54. The van der Waals surface area contributed by atoms with Crippen molar-refractivity contribution in [3.63, 3.8) is 0 Å². The SMILES string of the molecule is COc1cc(C)c(S(=O)(=O)N(c2ccc(NC(C)=O)cc2)C2CC2)cc1C. The lowest BCUT2D eigenvalue weighted by molar-refractivity contribution is -0.114. The van der Waals surface area contributed by atoms with E-state index in [0.717, 1.165) is 18.4 Å². The Kier molecular flexibility index (Phi) is 5.15. The molecule has 1 aliphatic rings. The maximum absolute atomic E-state index is 13.5. The van der Waals surface area contributed by atoms with Gasteiger partial charge in [0, 0.05) is 18.7 Å². The van der Waals surface area contributed by atoms with Gasteiger partial charge in [-0.15, -0.1) is 0 Å². The summed E-state index contributed by atoms with van der Waals surface area (Å²) in [4.78, 5) is 11.5. The first kappa shape index (κ1) is 19.2. The second-order valence-electron chi connectivity index (χ2n) is 6.85. The highest BCUT2D eigenvalue weighted by molar-refractivity contribution is 7.93. The van der Waals surface area contributed by atoms with Crippen molar-refractivity contribution in [3.8, 4) is 5.75 Å². The number of carbonyl (C=O) groups is 1. The normalized spacial score (nSPS) is 13.9. The second kappa shape index (κ2) is 7.23. The van der Waals surface area contributed by atoms with Gasteiger partial charge in [-0.1, -0.05) is 0 Å². The molecule has 1 fully saturated rings. The quantitative estimate of drug-likeness (QED) is 0.820. The number of amides is 1. The van der Waals surface area contributed by atoms with E-state index in [1.807, 2.05) is 6.92 Å². The van der Waals surface area contributed by atoms with Crippen molar-refractivity contribution in [1.29, 1.82) is 0 Å². The summed E-state index contributed by atoms with van der Waals surface area (Å²) in [6.45, 7) is 5.05. The standard InChI is InChI=1S/C20H24N2O4S/c1-13-12-20(14(2)11-19(13)26-4)27(24,25)22(18-9-10-18)17-7-5-16(6-8-17)21-15(3)23/h5-8,11-12,18H,9-10H2,1-4H3,(H,21,23). The van der Waals surface area contributed by atoms with Crippen molar-refractivity contribution in [2.75, 3.05) is 16.7 Å².